The van der Waals surface area contributed by atoms with Crippen molar-refractivity contribution in [3.8, 4) is 0 Å². The average molecular weight is 222 g/mol. The second-order valence-corrected chi connectivity index (χ2v) is 3.54. The van der Waals surface area contributed by atoms with Gasteiger partial charge in [0.2, 0.25) is 0 Å². The van der Waals surface area contributed by atoms with Crippen LogP contribution in [0.4, 0.5) is 4.79 Å². The average Bonchev–Trinajstić information content (AvgIpc) is 2.29. The van der Waals surface area contributed by atoms with Crippen molar-refractivity contribution in [1.29, 1.82) is 0 Å². The SMILES string of the molecule is COCNC(=O)NCCc1ccccc1C. The standard InChI is InChI=1S/C12H18N2O2/c1-10-5-3-4-6-11(10)7-8-13-12(15)14-9-16-2/h3-6H,7-9H2,1-2H3,(H2,13,14,15). The van der Waals surface area contributed by atoms with Crippen LogP contribution in [0.25, 0.3) is 0 Å². The molecule has 0 aliphatic heterocycles. The van der Waals surface area contributed by atoms with Gasteiger partial charge in [0, 0.05) is 13.7 Å². The van der Waals surface area contributed by atoms with Gasteiger partial charge in [-0.2, -0.15) is 0 Å². The van der Waals surface area contributed by atoms with Crippen molar-refractivity contribution < 1.29 is 9.53 Å². The van der Waals surface area contributed by atoms with E-state index >= 15 is 0 Å². The van der Waals surface area contributed by atoms with Crippen molar-refractivity contribution in [2.75, 3.05) is 20.4 Å². The summed E-state index contributed by atoms with van der Waals surface area (Å²) in [5.41, 5.74) is 2.51. The first kappa shape index (κ1) is 12.5. The summed E-state index contributed by atoms with van der Waals surface area (Å²) < 4.78 is 4.72. The second kappa shape index (κ2) is 6.85. The minimum atomic E-state index is -0.199. The second-order valence-electron chi connectivity index (χ2n) is 3.54. The van der Waals surface area contributed by atoms with E-state index in [2.05, 4.69) is 29.7 Å². The Morgan fingerprint density at radius 3 is 2.75 bits per heavy atom. The van der Waals surface area contributed by atoms with Crippen LogP contribution in [-0.4, -0.2) is 26.4 Å². The number of methoxy groups -OCH3 is 1. The third kappa shape index (κ3) is 4.31. The number of ether oxygens (including phenoxy) is 1. The molecule has 0 heterocycles. The van der Waals surface area contributed by atoms with Crippen molar-refractivity contribution in [3.05, 3.63) is 35.4 Å². The van der Waals surface area contributed by atoms with Gasteiger partial charge >= 0.3 is 6.03 Å². The predicted octanol–water partition coefficient (Wildman–Crippen LogP) is 1.44. The summed E-state index contributed by atoms with van der Waals surface area (Å²) in [6.07, 6.45) is 0.840. The number of benzene rings is 1. The van der Waals surface area contributed by atoms with Crippen LogP contribution in [0.3, 0.4) is 0 Å². The van der Waals surface area contributed by atoms with E-state index in [0.717, 1.165) is 6.42 Å². The lowest BCUT2D eigenvalue weighted by molar-refractivity contribution is 0.172. The Morgan fingerprint density at radius 2 is 2.06 bits per heavy atom. The molecular weight excluding hydrogens is 204 g/mol. The molecule has 88 valence electrons. The number of aryl methyl sites for hydroxylation is 1. The minimum absolute atomic E-state index is 0.199. The number of carbonyl (C=O) groups excluding carboxylic acids is 1. The molecule has 0 bridgehead atoms. The van der Waals surface area contributed by atoms with Crippen LogP contribution in [0.1, 0.15) is 11.1 Å². The minimum Gasteiger partial charge on any atom is -0.364 e. The van der Waals surface area contributed by atoms with Gasteiger partial charge in [-0.15, -0.1) is 0 Å². The Labute approximate surface area is 96.0 Å². The van der Waals surface area contributed by atoms with Crippen LogP contribution in [0.2, 0.25) is 0 Å². The highest BCUT2D eigenvalue weighted by Gasteiger charge is 2.00. The fraction of sp³-hybridized carbons (Fsp3) is 0.417. The Bertz CT molecular complexity index is 340. The summed E-state index contributed by atoms with van der Waals surface area (Å²) in [6, 6.07) is 7.96. The summed E-state index contributed by atoms with van der Waals surface area (Å²) in [5.74, 6) is 0. The molecule has 0 aliphatic rings. The molecule has 0 atom stereocenters. The van der Waals surface area contributed by atoms with E-state index in [-0.39, 0.29) is 12.8 Å². The molecule has 16 heavy (non-hydrogen) atoms. The molecule has 1 aromatic carbocycles. The maximum atomic E-state index is 11.2. The topological polar surface area (TPSA) is 50.4 Å². The molecule has 2 N–H and O–H groups in total. The molecule has 4 heteroatoms. The molecule has 0 saturated heterocycles. The van der Waals surface area contributed by atoms with Crippen LogP contribution in [0, 0.1) is 6.92 Å². The largest absolute Gasteiger partial charge is 0.364 e. The number of nitrogens with one attached hydrogen (secondary N) is 2. The van der Waals surface area contributed by atoms with Crippen molar-refractivity contribution >= 4 is 6.03 Å². The number of hydrogen-bond donors (Lipinski definition) is 2. The summed E-state index contributed by atoms with van der Waals surface area (Å²) in [6.45, 7) is 2.93. The predicted molar refractivity (Wildman–Crippen MR) is 63.3 cm³/mol. The quantitative estimate of drug-likeness (QED) is 0.741. The normalized spacial score (nSPS) is 9.88. The lowest BCUT2D eigenvalue weighted by atomic mass is 10.1. The van der Waals surface area contributed by atoms with Crippen molar-refractivity contribution in [1.82, 2.24) is 10.6 Å². The lowest BCUT2D eigenvalue weighted by Gasteiger charge is -2.08. The highest BCUT2D eigenvalue weighted by molar-refractivity contribution is 5.73. The molecule has 0 aliphatic carbocycles. The van der Waals surface area contributed by atoms with E-state index in [0.29, 0.717) is 6.54 Å². The summed E-state index contributed by atoms with van der Waals surface area (Å²) in [7, 11) is 1.54. The molecule has 0 saturated carbocycles. The zero-order chi connectivity index (χ0) is 11.8. The van der Waals surface area contributed by atoms with Crippen molar-refractivity contribution in [3.63, 3.8) is 0 Å². The van der Waals surface area contributed by atoms with Gasteiger partial charge in [-0.05, 0) is 24.5 Å². The van der Waals surface area contributed by atoms with E-state index in [1.165, 1.54) is 18.2 Å². The molecule has 1 aromatic rings. The van der Waals surface area contributed by atoms with Crippen LogP contribution >= 0.6 is 0 Å². The number of hydrogen-bond acceptors (Lipinski definition) is 2. The highest BCUT2D eigenvalue weighted by Crippen LogP contribution is 2.06. The molecule has 0 spiro atoms. The maximum Gasteiger partial charge on any atom is 0.316 e. The van der Waals surface area contributed by atoms with Crippen molar-refractivity contribution in [2.24, 2.45) is 0 Å². The van der Waals surface area contributed by atoms with Gasteiger partial charge in [-0.3, -0.25) is 0 Å². The van der Waals surface area contributed by atoms with Crippen molar-refractivity contribution in [2.45, 2.75) is 13.3 Å². The van der Waals surface area contributed by atoms with E-state index in [4.69, 9.17) is 4.74 Å². The molecule has 0 fully saturated rings. The number of urea groups is 1. The molecule has 0 radical (unpaired) electrons. The number of amides is 2. The number of rotatable bonds is 5. The summed E-state index contributed by atoms with van der Waals surface area (Å²) in [5, 5.41) is 5.32. The van der Waals surface area contributed by atoms with E-state index < -0.39 is 0 Å². The molecular formula is C12H18N2O2. The Morgan fingerprint density at radius 1 is 1.31 bits per heavy atom. The zero-order valence-corrected chi connectivity index (χ0v) is 9.75. The third-order valence-corrected chi connectivity index (χ3v) is 2.32. The molecule has 2 amide bonds. The monoisotopic (exact) mass is 222 g/mol. The van der Waals surface area contributed by atoms with Gasteiger partial charge in [-0.1, -0.05) is 24.3 Å². The maximum absolute atomic E-state index is 11.2. The van der Waals surface area contributed by atoms with Gasteiger partial charge in [0.1, 0.15) is 6.73 Å². The lowest BCUT2D eigenvalue weighted by Crippen LogP contribution is -2.37. The van der Waals surface area contributed by atoms with Gasteiger partial charge < -0.3 is 15.4 Å². The van der Waals surface area contributed by atoms with Gasteiger partial charge in [0.15, 0.2) is 0 Å². The summed E-state index contributed by atoms with van der Waals surface area (Å²) in [4.78, 5) is 11.2. The first-order valence-electron chi connectivity index (χ1n) is 5.29. The van der Waals surface area contributed by atoms with Crippen LogP contribution in [-0.2, 0) is 11.2 Å². The van der Waals surface area contributed by atoms with E-state index in [1.54, 1.807) is 0 Å². The molecule has 1 rings (SSSR count). The first-order valence-corrected chi connectivity index (χ1v) is 5.29. The van der Waals surface area contributed by atoms with Crippen LogP contribution in [0.5, 0.6) is 0 Å². The third-order valence-electron chi connectivity index (χ3n) is 2.32. The Balaban J connectivity index is 2.25. The van der Waals surface area contributed by atoms with Crippen LogP contribution < -0.4 is 10.6 Å². The Kier molecular flexibility index (Phi) is 5.36. The number of carbonyl (C=O) groups is 1. The summed E-state index contributed by atoms with van der Waals surface area (Å²) >= 11 is 0. The molecule has 4 nitrogen and oxygen atoms in total. The molecule has 0 unspecified atom stereocenters. The van der Waals surface area contributed by atoms with Gasteiger partial charge in [0.05, 0.1) is 0 Å². The smallest absolute Gasteiger partial charge is 0.316 e. The van der Waals surface area contributed by atoms with Gasteiger partial charge in [0.25, 0.3) is 0 Å². The van der Waals surface area contributed by atoms with E-state index in [9.17, 15) is 4.79 Å². The fourth-order valence-electron chi connectivity index (χ4n) is 1.40. The van der Waals surface area contributed by atoms with Crippen LogP contribution in [0.15, 0.2) is 24.3 Å². The fourth-order valence-corrected chi connectivity index (χ4v) is 1.40. The zero-order valence-electron chi connectivity index (χ0n) is 9.75. The highest BCUT2D eigenvalue weighted by atomic mass is 16.5. The molecule has 0 aromatic heterocycles. The van der Waals surface area contributed by atoms with E-state index in [1.807, 2.05) is 12.1 Å². The first-order chi connectivity index (χ1) is 7.74. The Hall–Kier alpha value is -1.55. The van der Waals surface area contributed by atoms with Gasteiger partial charge in [-0.25, -0.2) is 4.79 Å².